The molecule has 1 aliphatic heterocycles. The van der Waals surface area contributed by atoms with Crippen molar-refractivity contribution in [1.82, 2.24) is 5.32 Å². The van der Waals surface area contributed by atoms with Gasteiger partial charge in [-0.05, 0) is 42.8 Å². The molecule has 4 heteroatoms. The van der Waals surface area contributed by atoms with Crippen molar-refractivity contribution in [1.29, 1.82) is 0 Å². The molecule has 0 bridgehead atoms. The van der Waals surface area contributed by atoms with Crippen LogP contribution in [0.3, 0.4) is 0 Å². The lowest BCUT2D eigenvalue weighted by Gasteiger charge is -2.24. The highest BCUT2D eigenvalue weighted by Gasteiger charge is 2.24. The predicted octanol–water partition coefficient (Wildman–Crippen LogP) is 3.89. The average molecular weight is 291 g/mol. The van der Waals surface area contributed by atoms with Crippen molar-refractivity contribution in [2.24, 2.45) is 0 Å². The van der Waals surface area contributed by atoms with Gasteiger partial charge in [0.15, 0.2) is 0 Å². The molecule has 0 amide bonds. The Morgan fingerprint density at radius 2 is 2.15 bits per heavy atom. The minimum Gasteiger partial charge on any atom is -0.339 e. The second-order valence-electron chi connectivity index (χ2n) is 4.95. The lowest BCUT2D eigenvalue weighted by atomic mass is 10.1. The summed E-state index contributed by atoms with van der Waals surface area (Å²) in [5.74, 6) is -0.210. The molecule has 104 valence electrons. The van der Waals surface area contributed by atoms with Gasteiger partial charge in [-0.15, -0.1) is 0 Å². The summed E-state index contributed by atoms with van der Waals surface area (Å²) in [5.41, 5.74) is 4.20. The minimum absolute atomic E-state index is 0.210. The number of nitrogens with one attached hydrogen (secondary N) is 1. The van der Waals surface area contributed by atoms with Crippen LogP contribution < -0.4 is 10.2 Å². The van der Waals surface area contributed by atoms with Crippen LogP contribution >= 0.6 is 11.6 Å². The molecule has 0 spiro atoms. The summed E-state index contributed by atoms with van der Waals surface area (Å²) in [6.07, 6.45) is 0.916. The second kappa shape index (κ2) is 5.43. The van der Waals surface area contributed by atoms with Crippen molar-refractivity contribution in [3.05, 3.63) is 58.4 Å². The molecule has 0 unspecified atom stereocenters. The van der Waals surface area contributed by atoms with Gasteiger partial charge in [-0.2, -0.15) is 0 Å². The number of hydrogen-bond donors (Lipinski definition) is 1. The smallest absolute Gasteiger partial charge is 0.125 e. The van der Waals surface area contributed by atoms with Crippen LogP contribution in [0.2, 0.25) is 5.02 Å². The summed E-state index contributed by atoms with van der Waals surface area (Å²) in [7, 11) is 1.91. The van der Waals surface area contributed by atoms with Crippen LogP contribution in [-0.2, 0) is 13.0 Å². The lowest BCUT2D eigenvalue weighted by Crippen LogP contribution is -2.18. The predicted molar refractivity (Wildman–Crippen MR) is 81.3 cm³/mol. The molecule has 0 atom stereocenters. The van der Waals surface area contributed by atoms with Crippen molar-refractivity contribution < 1.29 is 4.39 Å². The number of rotatable bonds is 3. The third-order valence-corrected chi connectivity index (χ3v) is 3.96. The summed E-state index contributed by atoms with van der Waals surface area (Å²) < 4.78 is 13.5. The van der Waals surface area contributed by atoms with E-state index in [0.717, 1.165) is 36.4 Å². The molecule has 0 aliphatic carbocycles. The van der Waals surface area contributed by atoms with Gasteiger partial charge in [-0.3, -0.25) is 0 Å². The SMILES string of the molecule is CNCc1cccc(Cl)c1N1CCc2ccc(F)cc21. The highest BCUT2D eigenvalue weighted by atomic mass is 35.5. The number of nitrogens with zero attached hydrogens (tertiary/aromatic N) is 1. The van der Waals surface area contributed by atoms with Crippen LogP contribution in [0.4, 0.5) is 15.8 Å². The van der Waals surface area contributed by atoms with E-state index in [1.165, 1.54) is 11.6 Å². The Kier molecular flexibility index (Phi) is 3.64. The number of para-hydroxylation sites is 1. The highest BCUT2D eigenvalue weighted by molar-refractivity contribution is 6.33. The summed E-state index contributed by atoms with van der Waals surface area (Å²) >= 11 is 6.39. The fourth-order valence-electron chi connectivity index (χ4n) is 2.78. The molecule has 1 heterocycles. The van der Waals surface area contributed by atoms with Gasteiger partial charge in [0.25, 0.3) is 0 Å². The van der Waals surface area contributed by atoms with Crippen molar-refractivity contribution in [3.63, 3.8) is 0 Å². The zero-order valence-corrected chi connectivity index (χ0v) is 12.0. The Labute approximate surface area is 123 Å². The normalized spacial score (nSPS) is 13.7. The van der Waals surface area contributed by atoms with Crippen LogP contribution in [0.15, 0.2) is 36.4 Å². The Morgan fingerprint density at radius 1 is 1.30 bits per heavy atom. The van der Waals surface area contributed by atoms with Crippen molar-refractivity contribution in [2.45, 2.75) is 13.0 Å². The maximum Gasteiger partial charge on any atom is 0.125 e. The van der Waals surface area contributed by atoms with Crippen LogP contribution in [0.25, 0.3) is 0 Å². The third kappa shape index (κ3) is 2.28. The summed E-state index contributed by atoms with van der Waals surface area (Å²) in [4.78, 5) is 2.12. The molecule has 2 aromatic rings. The number of hydrogen-bond acceptors (Lipinski definition) is 2. The molecule has 3 rings (SSSR count). The summed E-state index contributed by atoms with van der Waals surface area (Å²) in [6.45, 7) is 1.57. The van der Waals surface area contributed by atoms with E-state index < -0.39 is 0 Å². The zero-order valence-electron chi connectivity index (χ0n) is 11.3. The number of anilines is 2. The summed E-state index contributed by atoms with van der Waals surface area (Å²) in [5, 5.41) is 3.85. The van der Waals surface area contributed by atoms with Gasteiger partial charge >= 0.3 is 0 Å². The van der Waals surface area contributed by atoms with E-state index in [4.69, 9.17) is 11.6 Å². The minimum atomic E-state index is -0.210. The number of fused-ring (bicyclic) bond motifs is 1. The van der Waals surface area contributed by atoms with E-state index in [-0.39, 0.29) is 5.82 Å². The van der Waals surface area contributed by atoms with E-state index in [0.29, 0.717) is 5.02 Å². The van der Waals surface area contributed by atoms with Crippen molar-refractivity contribution in [3.8, 4) is 0 Å². The molecule has 0 aromatic heterocycles. The van der Waals surface area contributed by atoms with Crippen LogP contribution in [0.1, 0.15) is 11.1 Å². The van der Waals surface area contributed by atoms with E-state index >= 15 is 0 Å². The Hall–Kier alpha value is -1.58. The second-order valence-corrected chi connectivity index (χ2v) is 5.36. The third-order valence-electron chi connectivity index (χ3n) is 3.65. The average Bonchev–Trinajstić information content (AvgIpc) is 2.82. The Balaban J connectivity index is 2.10. The van der Waals surface area contributed by atoms with Gasteiger partial charge in [0.2, 0.25) is 0 Å². The first-order valence-corrected chi connectivity index (χ1v) is 7.06. The molecular formula is C16H16ClFN2. The standard InChI is InChI=1S/C16H16ClFN2/c1-19-10-12-3-2-4-14(17)16(12)20-8-7-11-5-6-13(18)9-15(11)20/h2-6,9,19H,7-8,10H2,1H3. The molecule has 0 saturated carbocycles. The highest BCUT2D eigenvalue weighted by Crippen LogP contribution is 2.40. The molecule has 0 fully saturated rings. The molecule has 1 aliphatic rings. The zero-order chi connectivity index (χ0) is 14.1. The van der Waals surface area contributed by atoms with Gasteiger partial charge < -0.3 is 10.2 Å². The molecule has 0 saturated heterocycles. The van der Waals surface area contributed by atoms with E-state index in [1.807, 2.05) is 25.2 Å². The van der Waals surface area contributed by atoms with Gasteiger partial charge in [0, 0.05) is 18.8 Å². The van der Waals surface area contributed by atoms with Gasteiger partial charge in [0.05, 0.1) is 10.7 Å². The molecule has 2 aromatic carbocycles. The monoisotopic (exact) mass is 290 g/mol. The molecule has 2 nitrogen and oxygen atoms in total. The van der Waals surface area contributed by atoms with E-state index in [2.05, 4.69) is 16.3 Å². The maximum atomic E-state index is 13.5. The molecule has 1 N–H and O–H groups in total. The number of halogens is 2. The van der Waals surface area contributed by atoms with E-state index in [1.54, 1.807) is 6.07 Å². The maximum absolute atomic E-state index is 13.5. The van der Waals surface area contributed by atoms with Crippen LogP contribution in [0.5, 0.6) is 0 Å². The molecule has 0 radical (unpaired) electrons. The molecule has 20 heavy (non-hydrogen) atoms. The van der Waals surface area contributed by atoms with Crippen LogP contribution in [-0.4, -0.2) is 13.6 Å². The molecular weight excluding hydrogens is 275 g/mol. The lowest BCUT2D eigenvalue weighted by molar-refractivity contribution is 0.628. The first kappa shape index (κ1) is 13.4. The Bertz CT molecular complexity index is 642. The first-order chi connectivity index (χ1) is 9.70. The van der Waals surface area contributed by atoms with Gasteiger partial charge in [0.1, 0.15) is 5.82 Å². The van der Waals surface area contributed by atoms with Crippen molar-refractivity contribution >= 4 is 23.0 Å². The van der Waals surface area contributed by atoms with Gasteiger partial charge in [-0.25, -0.2) is 4.39 Å². The largest absolute Gasteiger partial charge is 0.339 e. The van der Waals surface area contributed by atoms with Crippen molar-refractivity contribution in [2.75, 3.05) is 18.5 Å². The fourth-order valence-corrected chi connectivity index (χ4v) is 3.08. The Morgan fingerprint density at radius 3 is 2.95 bits per heavy atom. The van der Waals surface area contributed by atoms with Gasteiger partial charge in [-0.1, -0.05) is 29.8 Å². The van der Waals surface area contributed by atoms with E-state index in [9.17, 15) is 4.39 Å². The topological polar surface area (TPSA) is 15.3 Å². The first-order valence-electron chi connectivity index (χ1n) is 6.68. The van der Waals surface area contributed by atoms with Crippen LogP contribution in [0, 0.1) is 5.82 Å². The quantitative estimate of drug-likeness (QED) is 0.922. The summed E-state index contributed by atoms with van der Waals surface area (Å²) in [6, 6.07) is 10.8. The number of benzene rings is 2. The fraction of sp³-hybridized carbons (Fsp3) is 0.250.